The third kappa shape index (κ3) is 3.03. The molecular formula is C14H8N4O3S2. The van der Waals surface area contributed by atoms with Crippen LogP contribution in [-0.2, 0) is 6.54 Å². The highest BCUT2D eigenvalue weighted by Crippen LogP contribution is 2.26. The fourth-order valence-electron chi connectivity index (χ4n) is 1.99. The quantitative estimate of drug-likeness (QED) is 0.535. The van der Waals surface area contributed by atoms with E-state index in [-0.39, 0.29) is 17.8 Å². The molecule has 3 rings (SSSR count). The molecule has 0 saturated carbocycles. The molecule has 0 aromatic carbocycles. The van der Waals surface area contributed by atoms with E-state index < -0.39 is 10.5 Å². The number of nitro groups is 1. The largest absolute Gasteiger partial charge is 0.302 e. The number of hydrogen-bond acceptors (Lipinski definition) is 7. The monoisotopic (exact) mass is 344 g/mol. The summed E-state index contributed by atoms with van der Waals surface area (Å²) in [4.78, 5) is 26.8. The van der Waals surface area contributed by atoms with Crippen molar-refractivity contribution in [3.05, 3.63) is 66.2 Å². The van der Waals surface area contributed by atoms with Crippen LogP contribution in [0.1, 0.15) is 11.3 Å². The Morgan fingerprint density at radius 2 is 2.26 bits per heavy atom. The van der Waals surface area contributed by atoms with Crippen LogP contribution in [0.3, 0.4) is 0 Å². The standard InChI is InChI=1S/C14H8N4O3S2/c15-4-10-3-12(18(20)21)6-17(14(10)19)5-11-8-23-13(16-11)9-1-2-22-7-9/h1-3,6-8H,5H2. The summed E-state index contributed by atoms with van der Waals surface area (Å²) in [7, 11) is 0. The molecule has 0 atom stereocenters. The average molecular weight is 344 g/mol. The van der Waals surface area contributed by atoms with E-state index in [9.17, 15) is 14.9 Å². The van der Waals surface area contributed by atoms with Crippen molar-refractivity contribution in [3.8, 4) is 16.6 Å². The predicted octanol–water partition coefficient (Wildman–Crippen LogP) is 2.86. The Bertz CT molecular complexity index is 967. The van der Waals surface area contributed by atoms with E-state index in [2.05, 4.69) is 4.98 Å². The molecule has 0 aliphatic carbocycles. The number of nitriles is 1. The van der Waals surface area contributed by atoms with Crippen LogP contribution in [0.25, 0.3) is 10.6 Å². The lowest BCUT2D eigenvalue weighted by atomic mass is 10.2. The third-order valence-corrected chi connectivity index (χ3v) is 4.68. The topological polar surface area (TPSA) is 102 Å². The van der Waals surface area contributed by atoms with E-state index in [4.69, 9.17) is 5.26 Å². The fourth-order valence-corrected chi connectivity index (χ4v) is 3.51. The number of hydrogen-bond donors (Lipinski definition) is 0. The van der Waals surface area contributed by atoms with Crippen LogP contribution in [-0.4, -0.2) is 14.5 Å². The number of aromatic nitrogens is 2. The van der Waals surface area contributed by atoms with Gasteiger partial charge in [-0.2, -0.15) is 16.6 Å². The molecule has 9 heteroatoms. The Kier molecular flexibility index (Phi) is 4.01. The zero-order valence-electron chi connectivity index (χ0n) is 11.5. The molecule has 0 fully saturated rings. The number of thiophene rings is 1. The average Bonchev–Trinajstić information content (AvgIpc) is 3.20. The summed E-state index contributed by atoms with van der Waals surface area (Å²) in [5.74, 6) is 0. The molecule has 0 aliphatic heterocycles. The van der Waals surface area contributed by atoms with Crippen molar-refractivity contribution in [2.24, 2.45) is 0 Å². The SMILES string of the molecule is N#Cc1cc([N+](=O)[O-])cn(Cc2csc(-c3ccsc3)n2)c1=O. The van der Waals surface area contributed by atoms with Gasteiger partial charge in [-0.05, 0) is 11.4 Å². The minimum Gasteiger partial charge on any atom is -0.302 e. The third-order valence-electron chi connectivity index (χ3n) is 3.06. The van der Waals surface area contributed by atoms with Crippen molar-refractivity contribution < 1.29 is 4.92 Å². The van der Waals surface area contributed by atoms with E-state index in [0.717, 1.165) is 27.4 Å². The lowest BCUT2D eigenvalue weighted by molar-refractivity contribution is -0.385. The van der Waals surface area contributed by atoms with Gasteiger partial charge in [0, 0.05) is 22.4 Å². The molecule has 0 bridgehead atoms. The second-order valence-corrected chi connectivity index (χ2v) is 6.21. The first-order valence-electron chi connectivity index (χ1n) is 6.34. The molecular weight excluding hydrogens is 336 g/mol. The Morgan fingerprint density at radius 1 is 1.43 bits per heavy atom. The Labute approximate surface area is 137 Å². The van der Waals surface area contributed by atoms with Crippen LogP contribution in [0, 0.1) is 21.4 Å². The lowest BCUT2D eigenvalue weighted by Crippen LogP contribution is -2.23. The molecule has 0 saturated heterocycles. The zero-order valence-corrected chi connectivity index (χ0v) is 13.1. The maximum atomic E-state index is 12.1. The summed E-state index contributed by atoms with van der Waals surface area (Å²) in [6, 6.07) is 4.62. The zero-order chi connectivity index (χ0) is 16.4. The smallest absolute Gasteiger partial charge is 0.287 e. The van der Waals surface area contributed by atoms with Crippen molar-refractivity contribution in [3.63, 3.8) is 0 Å². The van der Waals surface area contributed by atoms with E-state index in [0.29, 0.717) is 5.69 Å². The maximum absolute atomic E-state index is 12.1. The van der Waals surface area contributed by atoms with Gasteiger partial charge in [0.05, 0.1) is 23.4 Å². The first-order chi connectivity index (χ1) is 11.1. The summed E-state index contributed by atoms with van der Waals surface area (Å²) in [5, 5.41) is 26.4. The van der Waals surface area contributed by atoms with Gasteiger partial charge in [0.15, 0.2) is 0 Å². The predicted molar refractivity (Wildman–Crippen MR) is 86.6 cm³/mol. The normalized spacial score (nSPS) is 10.4. The second-order valence-electron chi connectivity index (χ2n) is 4.57. The van der Waals surface area contributed by atoms with Crippen molar-refractivity contribution in [1.29, 1.82) is 5.26 Å². The van der Waals surface area contributed by atoms with E-state index in [1.165, 1.54) is 11.3 Å². The molecule has 7 nitrogen and oxygen atoms in total. The van der Waals surface area contributed by atoms with Gasteiger partial charge < -0.3 is 4.57 Å². The van der Waals surface area contributed by atoms with Crippen LogP contribution in [0.15, 0.2) is 39.3 Å². The molecule has 23 heavy (non-hydrogen) atoms. The van der Waals surface area contributed by atoms with Crippen LogP contribution in [0.4, 0.5) is 5.69 Å². The summed E-state index contributed by atoms with van der Waals surface area (Å²) in [5.41, 5.74) is 0.489. The van der Waals surface area contributed by atoms with Gasteiger partial charge in [0.1, 0.15) is 16.6 Å². The van der Waals surface area contributed by atoms with Crippen LogP contribution >= 0.6 is 22.7 Å². The minimum absolute atomic E-state index is 0.0792. The molecule has 0 radical (unpaired) electrons. The Morgan fingerprint density at radius 3 is 2.91 bits per heavy atom. The summed E-state index contributed by atoms with van der Waals surface area (Å²) in [6.07, 6.45) is 1.13. The van der Waals surface area contributed by atoms with Gasteiger partial charge in [-0.3, -0.25) is 14.9 Å². The van der Waals surface area contributed by atoms with Crippen molar-refractivity contribution >= 4 is 28.4 Å². The number of pyridine rings is 1. The van der Waals surface area contributed by atoms with Crippen molar-refractivity contribution in [2.75, 3.05) is 0 Å². The summed E-state index contributed by atoms with van der Waals surface area (Å²) < 4.78 is 1.14. The van der Waals surface area contributed by atoms with Crippen molar-refractivity contribution in [2.45, 2.75) is 6.54 Å². The highest BCUT2D eigenvalue weighted by Gasteiger charge is 2.15. The minimum atomic E-state index is -0.630. The molecule has 0 spiro atoms. The summed E-state index contributed by atoms with van der Waals surface area (Å²) in [6.45, 7) is 0.0792. The number of rotatable bonds is 4. The Balaban J connectivity index is 1.97. The first kappa shape index (κ1) is 15.1. The molecule has 0 N–H and O–H groups in total. The van der Waals surface area contributed by atoms with E-state index in [1.54, 1.807) is 22.8 Å². The molecule has 0 unspecified atom stereocenters. The molecule has 3 heterocycles. The van der Waals surface area contributed by atoms with Gasteiger partial charge in [0.2, 0.25) is 0 Å². The number of thiazole rings is 1. The number of nitrogens with zero attached hydrogens (tertiary/aromatic N) is 4. The highest BCUT2D eigenvalue weighted by molar-refractivity contribution is 7.14. The van der Waals surface area contributed by atoms with Gasteiger partial charge in [0.25, 0.3) is 11.2 Å². The molecule has 3 aromatic heterocycles. The molecule has 3 aromatic rings. The maximum Gasteiger partial charge on any atom is 0.287 e. The summed E-state index contributed by atoms with van der Waals surface area (Å²) >= 11 is 2.99. The van der Waals surface area contributed by atoms with E-state index in [1.807, 2.05) is 16.8 Å². The highest BCUT2D eigenvalue weighted by atomic mass is 32.1. The van der Waals surface area contributed by atoms with Gasteiger partial charge >= 0.3 is 0 Å². The molecule has 0 amide bonds. The molecule has 114 valence electrons. The van der Waals surface area contributed by atoms with E-state index >= 15 is 0 Å². The van der Waals surface area contributed by atoms with Gasteiger partial charge in [-0.1, -0.05) is 0 Å². The fraction of sp³-hybridized carbons (Fsp3) is 0.0714. The van der Waals surface area contributed by atoms with Gasteiger partial charge in [-0.15, -0.1) is 11.3 Å². The Hall–Kier alpha value is -2.83. The second kappa shape index (κ2) is 6.12. The van der Waals surface area contributed by atoms with Gasteiger partial charge in [-0.25, -0.2) is 4.98 Å². The van der Waals surface area contributed by atoms with Crippen LogP contribution in [0.5, 0.6) is 0 Å². The van der Waals surface area contributed by atoms with Crippen molar-refractivity contribution in [1.82, 2.24) is 9.55 Å². The lowest BCUT2D eigenvalue weighted by Gasteiger charge is -2.03. The van der Waals surface area contributed by atoms with Crippen LogP contribution in [0.2, 0.25) is 0 Å². The van der Waals surface area contributed by atoms with Crippen LogP contribution < -0.4 is 5.56 Å². The first-order valence-corrected chi connectivity index (χ1v) is 8.16. The molecule has 0 aliphatic rings.